The molecule has 138 valence electrons. The van der Waals surface area contributed by atoms with Crippen LogP contribution in [0.4, 0.5) is 0 Å². The summed E-state index contributed by atoms with van der Waals surface area (Å²) >= 11 is 0. The van der Waals surface area contributed by atoms with Crippen LogP contribution in [0.1, 0.15) is 36.4 Å². The molecule has 6 nitrogen and oxygen atoms in total. The first kappa shape index (κ1) is 17.2. The van der Waals surface area contributed by atoms with Crippen LogP contribution in [-0.4, -0.2) is 53.9 Å². The molecule has 0 bridgehead atoms. The molecule has 0 saturated carbocycles. The van der Waals surface area contributed by atoms with Gasteiger partial charge in [0.05, 0.1) is 31.9 Å². The molecule has 3 aliphatic heterocycles. The molecule has 1 N–H and O–H groups in total. The van der Waals surface area contributed by atoms with E-state index in [0.29, 0.717) is 13.0 Å². The average Bonchev–Trinajstić information content (AvgIpc) is 2.93. The van der Waals surface area contributed by atoms with Gasteiger partial charge < -0.3 is 19.5 Å². The quantitative estimate of drug-likeness (QED) is 0.820. The van der Waals surface area contributed by atoms with Gasteiger partial charge in [0.15, 0.2) is 11.5 Å². The average molecular weight is 355 g/mol. The molecule has 0 aliphatic carbocycles. The Morgan fingerprint density at radius 2 is 2.19 bits per heavy atom. The van der Waals surface area contributed by atoms with Gasteiger partial charge in [0.2, 0.25) is 0 Å². The van der Waals surface area contributed by atoms with Crippen molar-refractivity contribution in [3.05, 3.63) is 35.5 Å². The minimum absolute atomic E-state index is 0.0746. The van der Waals surface area contributed by atoms with E-state index in [9.17, 15) is 10.4 Å². The lowest BCUT2D eigenvalue weighted by Gasteiger charge is -2.32. The Morgan fingerprint density at radius 3 is 3.00 bits per heavy atom. The summed E-state index contributed by atoms with van der Waals surface area (Å²) < 4.78 is 11.9. The fourth-order valence-corrected chi connectivity index (χ4v) is 4.34. The van der Waals surface area contributed by atoms with Gasteiger partial charge >= 0.3 is 0 Å². The van der Waals surface area contributed by atoms with Crippen molar-refractivity contribution in [3.63, 3.8) is 0 Å². The molecule has 3 aliphatic rings. The Balaban J connectivity index is 1.82. The highest BCUT2D eigenvalue weighted by molar-refractivity contribution is 5.55. The normalized spacial score (nSPS) is 27.9. The lowest BCUT2D eigenvalue weighted by atomic mass is 9.93. The second kappa shape index (κ2) is 7.18. The van der Waals surface area contributed by atoms with Crippen LogP contribution in [0, 0.1) is 11.3 Å². The van der Waals surface area contributed by atoms with Crippen LogP contribution < -0.4 is 9.47 Å². The molecule has 0 amide bonds. The summed E-state index contributed by atoms with van der Waals surface area (Å²) in [5, 5.41) is 19.4. The summed E-state index contributed by atoms with van der Waals surface area (Å²) in [6, 6.07) is 6.41. The summed E-state index contributed by atoms with van der Waals surface area (Å²) in [6.45, 7) is 2.97. The smallest absolute Gasteiger partial charge is 0.167 e. The van der Waals surface area contributed by atoms with Gasteiger partial charge in [-0.3, -0.25) is 4.90 Å². The molecule has 0 aromatic heterocycles. The van der Waals surface area contributed by atoms with E-state index in [4.69, 9.17) is 9.47 Å². The first-order chi connectivity index (χ1) is 12.7. The van der Waals surface area contributed by atoms with Crippen molar-refractivity contribution in [2.24, 2.45) is 0 Å². The van der Waals surface area contributed by atoms with Crippen LogP contribution in [0.5, 0.6) is 11.5 Å². The molecule has 0 saturated heterocycles. The minimum Gasteiger partial charge on any atom is -0.493 e. The number of hydrogen-bond acceptors (Lipinski definition) is 6. The van der Waals surface area contributed by atoms with E-state index < -0.39 is 6.10 Å². The van der Waals surface area contributed by atoms with Crippen LogP contribution in [0.3, 0.4) is 0 Å². The molecule has 0 fully saturated rings. The SMILES string of the molecule is COc1ccc2c3c1OC1C[C@@H](O)C=CN(CCCCN(CC#N)C2)C31. The summed E-state index contributed by atoms with van der Waals surface area (Å²) in [5.74, 6) is 1.53. The molecule has 0 radical (unpaired) electrons. The zero-order chi connectivity index (χ0) is 18.1. The summed E-state index contributed by atoms with van der Waals surface area (Å²) in [4.78, 5) is 4.52. The van der Waals surface area contributed by atoms with Crippen LogP contribution >= 0.6 is 0 Å². The van der Waals surface area contributed by atoms with Crippen molar-refractivity contribution in [1.29, 1.82) is 5.26 Å². The van der Waals surface area contributed by atoms with Gasteiger partial charge in [0.25, 0.3) is 0 Å². The molecule has 0 spiro atoms. The fourth-order valence-electron chi connectivity index (χ4n) is 4.34. The maximum atomic E-state index is 10.3. The molecule has 6 heteroatoms. The molecular formula is C20H25N3O3. The molecule has 2 unspecified atom stereocenters. The number of benzene rings is 1. The Kier molecular flexibility index (Phi) is 4.75. The Hall–Kier alpha value is -2.23. The number of aliphatic hydroxyl groups excluding tert-OH is 1. The lowest BCUT2D eigenvalue weighted by Crippen LogP contribution is -2.35. The predicted molar refractivity (Wildman–Crippen MR) is 96.7 cm³/mol. The first-order valence-electron chi connectivity index (χ1n) is 9.29. The highest BCUT2D eigenvalue weighted by Gasteiger charge is 2.43. The predicted octanol–water partition coefficient (Wildman–Crippen LogP) is 2.20. The third-order valence-corrected chi connectivity index (χ3v) is 5.55. The fraction of sp³-hybridized carbons (Fsp3) is 0.550. The molecule has 4 rings (SSSR count). The van der Waals surface area contributed by atoms with E-state index in [1.54, 1.807) is 7.11 Å². The van der Waals surface area contributed by atoms with Gasteiger partial charge in [-0.1, -0.05) is 6.07 Å². The van der Waals surface area contributed by atoms with E-state index in [2.05, 4.69) is 21.9 Å². The van der Waals surface area contributed by atoms with E-state index >= 15 is 0 Å². The zero-order valence-corrected chi connectivity index (χ0v) is 15.1. The summed E-state index contributed by atoms with van der Waals surface area (Å²) in [6.07, 6.45) is 5.95. The maximum absolute atomic E-state index is 10.3. The van der Waals surface area contributed by atoms with Gasteiger partial charge in [-0.05, 0) is 43.3 Å². The number of hydrogen-bond donors (Lipinski definition) is 1. The molecular weight excluding hydrogens is 330 g/mol. The summed E-state index contributed by atoms with van der Waals surface area (Å²) in [5.41, 5.74) is 2.33. The van der Waals surface area contributed by atoms with Crippen LogP contribution in [0.2, 0.25) is 0 Å². The van der Waals surface area contributed by atoms with E-state index in [1.807, 2.05) is 18.3 Å². The van der Waals surface area contributed by atoms with Gasteiger partial charge in [-0.2, -0.15) is 5.26 Å². The van der Waals surface area contributed by atoms with Crippen molar-refractivity contribution < 1.29 is 14.6 Å². The molecule has 26 heavy (non-hydrogen) atoms. The van der Waals surface area contributed by atoms with E-state index in [0.717, 1.165) is 49.5 Å². The molecule has 3 heterocycles. The highest BCUT2D eigenvalue weighted by atomic mass is 16.5. The van der Waals surface area contributed by atoms with Crippen molar-refractivity contribution in [3.8, 4) is 17.6 Å². The standard InChI is InChI=1S/C20H25N3O3/c1-25-16-5-4-14-13-22(11-7-21)8-2-3-9-23-10-6-15(24)12-17-19(23)18(14)20(16)26-17/h4-6,10,15,17,19,24H,2-3,8-9,11-13H2,1H3/t15-,17?,19?/m0/s1. The molecule has 3 atom stereocenters. The maximum Gasteiger partial charge on any atom is 0.167 e. The van der Waals surface area contributed by atoms with Crippen molar-refractivity contribution in [2.75, 3.05) is 26.7 Å². The highest BCUT2D eigenvalue weighted by Crippen LogP contribution is 2.50. The zero-order valence-electron chi connectivity index (χ0n) is 15.1. The third-order valence-electron chi connectivity index (χ3n) is 5.55. The molecule has 1 aromatic rings. The number of nitriles is 1. The minimum atomic E-state index is -0.503. The Morgan fingerprint density at radius 1 is 1.35 bits per heavy atom. The topological polar surface area (TPSA) is 69.0 Å². The second-order valence-electron chi connectivity index (χ2n) is 7.23. The van der Waals surface area contributed by atoms with Gasteiger partial charge in [-0.25, -0.2) is 0 Å². The van der Waals surface area contributed by atoms with Crippen molar-refractivity contribution >= 4 is 0 Å². The van der Waals surface area contributed by atoms with Gasteiger partial charge in [0, 0.05) is 25.1 Å². The number of methoxy groups -OCH3 is 1. The number of aliphatic hydroxyl groups is 1. The van der Waals surface area contributed by atoms with E-state index in [1.165, 1.54) is 5.56 Å². The lowest BCUT2D eigenvalue weighted by molar-refractivity contribution is 0.0889. The molecule has 1 aromatic carbocycles. The van der Waals surface area contributed by atoms with Crippen LogP contribution in [0.15, 0.2) is 24.4 Å². The second-order valence-corrected chi connectivity index (χ2v) is 7.23. The van der Waals surface area contributed by atoms with Crippen molar-refractivity contribution in [2.45, 2.75) is 44.1 Å². The number of rotatable bonds is 2. The third kappa shape index (κ3) is 3.02. The largest absolute Gasteiger partial charge is 0.493 e. The monoisotopic (exact) mass is 355 g/mol. The van der Waals surface area contributed by atoms with Gasteiger partial charge in [0.1, 0.15) is 6.10 Å². The van der Waals surface area contributed by atoms with E-state index in [-0.39, 0.29) is 12.1 Å². The first-order valence-corrected chi connectivity index (χ1v) is 9.29. The Labute approximate surface area is 154 Å². The summed E-state index contributed by atoms with van der Waals surface area (Å²) in [7, 11) is 1.66. The number of ether oxygens (including phenoxy) is 2. The Bertz CT molecular complexity index is 743. The number of nitrogens with zero attached hydrogens (tertiary/aromatic N) is 3. The van der Waals surface area contributed by atoms with Crippen LogP contribution in [-0.2, 0) is 6.54 Å². The van der Waals surface area contributed by atoms with Gasteiger partial charge in [-0.15, -0.1) is 0 Å². The van der Waals surface area contributed by atoms with Crippen molar-refractivity contribution in [1.82, 2.24) is 9.80 Å². The van der Waals surface area contributed by atoms with Crippen LogP contribution in [0.25, 0.3) is 0 Å².